The first-order valence-corrected chi connectivity index (χ1v) is 5.60. The average Bonchev–Trinajstić information content (AvgIpc) is 2.03. The maximum Gasteiger partial charge on any atom is 0.107 e. The van der Waals surface area contributed by atoms with Crippen molar-refractivity contribution in [1.82, 2.24) is 0 Å². The van der Waals surface area contributed by atoms with E-state index in [-0.39, 0.29) is 4.11 Å². The number of allylic oxidation sites excluding steroid dienone is 1. The molecule has 0 aromatic carbocycles. The maximum atomic E-state index is 9.17. The summed E-state index contributed by atoms with van der Waals surface area (Å²) in [6.07, 6.45) is 7.29. The number of hydrogen-bond acceptors (Lipinski definition) is 2. The number of hydrogen-bond donors (Lipinski definition) is 2. The smallest absolute Gasteiger partial charge is 0.107 e. The van der Waals surface area contributed by atoms with Crippen molar-refractivity contribution >= 4 is 22.6 Å². The van der Waals surface area contributed by atoms with Crippen molar-refractivity contribution in [3.05, 3.63) is 12.2 Å². The standard InChI is InChI=1S/C9H18INO/c1-8(9(10)12)6-4-2-3-5-7-11/h2-3,8-9,12H,4-7,11H2,1H3/b3-2+/t8-,9-/m1/s1. The lowest BCUT2D eigenvalue weighted by Gasteiger charge is -2.10. The van der Waals surface area contributed by atoms with E-state index in [1.54, 1.807) is 0 Å². The summed E-state index contributed by atoms with van der Waals surface area (Å²) < 4.78 is -0.217. The number of halogens is 1. The largest absolute Gasteiger partial charge is 0.382 e. The van der Waals surface area contributed by atoms with Gasteiger partial charge in [-0.15, -0.1) is 0 Å². The summed E-state index contributed by atoms with van der Waals surface area (Å²) in [6, 6.07) is 0. The molecule has 3 N–H and O–H groups in total. The van der Waals surface area contributed by atoms with Gasteiger partial charge in [0.05, 0.1) is 0 Å². The first-order valence-electron chi connectivity index (χ1n) is 4.35. The Hall–Kier alpha value is 0.390. The van der Waals surface area contributed by atoms with Gasteiger partial charge in [0, 0.05) is 0 Å². The van der Waals surface area contributed by atoms with Gasteiger partial charge in [0.15, 0.2) is 0 Å². The fourth-order valence-electron chi connectivity index (χ4n) is 0.829. The minimum absolute atomic E-state index is 0.217. The molecule has 0 saturated heterocycles. The van der Waals surface area contributed by atoms with Crippen molar-refractivity contribution in [2.24, 2.45) is 11.7 Å². The van der Waals surface area contributed by atoms with Crippen LogP contribution in [0.5, 0.6) is 0 Å². The molecule has 72 valence electrons. The van der Waals surface area contributed by atoms with E-state index in [4.69, 9.17) is 10.8 Å². The lowest BCUT2D eigenvalue weighted by atomic mass is 10.1. The third-order valence-electron chi connectivity index (χ3n) is 1.76. The number of rotatable bonds is 6. The normalized spacial score (nSPS) is 16.7. The van der Waals surface area contributed by atoms with E-state index in [1.807, 2.05) is 22.6 Å². The summed E-state index contributed by atoms with van der Waals surface area (Å²) in [5, 5.41) is 9.17. The molecule has 12 heavy (non-hydrogen) atoms. The highest BCUT2D eigenvalue weighted by atomic mass is 127. The second kappa shape index (κ2) is 8.01. The Bertz CT molecular complexity index is 126. The molecule has 0 spiro atoms. The van der Waals surface area contributed by atoms with E-state index >= 15 is 0 Å². The molecule has 0 radical (unpaired) electrons. The fraction of sp³-hybridized carbons (Fsp3) is 0.778. The van der Waals surface area contributed by atoms with Crippen LogP contribution in [0.25, 0.3) is 0 Å². The van der Waals surface area contributed by atoms with E-state index in [9.17, 15) is 0 Å². The number of alkyl halides is 1. The molecule has 3 heteroatoms. The Morgan fingerprint density at radius 2 is 2.00 bits per heavy atom. The molecule has 0 bridgehead atoms. The van der Waals surface area contributed by atoms with Crippen LogP contribution < -0.4 is 5.73 Å². The monoisotopic (exact) mass is 283 g/mol. The minimum atomic E-state index is -0.217. The van der Waals surface area contributed by atoms with E-state index in [0.717, 1.165) is 25.8 Å². The molecule has 2 nitrogen and oxygen atoms in total. The van der Waals surface area contributed by atoms with Crippen molar-refractivity contribution in [3.8, 4) is 0 Å². The van der Waals surface area contributed by atoms with Crippen LogP contribution in [0, 0.1) is 5.92 Å². The molecule has 0 fully saturated rings. The number of nitrogens with two attached hydrogens (primary N) is 1. The van der Waals surface area contributed by atoms with Gasteiger partial charge in [-0.05, 0) is 31.7 Å². The summed E-state index contributed by atoms with van der Waals surface area (Å²) in [4.78, 5) is 0. The third-order valence-corrected chi connectivity index (χ3v) is 2.99. The summed E-state index contributed by atoms with van der Waals surface area (Å²) in [6.45, 7) is 2.79. The van der Waals surface area contributed by atoms with Gasteiger partial charge in [0.25, 0.3) is 0 Å². The second-order valence-electron chi connectivity index (χ2n) is 2.98. The lowest BCUT2D eigenvalue weighted by molar-refractivity contribution is 0.211. The SMILES string of the molecule is C[C@H](CC/C=C/CCN)[C@@H](O)I. The maximum absolute atomic E-state index is 9.17. The highest BCUT2D eigenvalue weighted by molar-refractivity contribution is 14.1. The van der Waals surface area contributed by atoms with Gasteiger partial charge in [0.1, 0.15) is 4.11 Å². The van der Waals surface area contributed by atoms with Crippen LogP contribution in [0.3, 0.4) is 0 Å². The molecule has 0 aromatic rings. The zero-order chi connectivity index (χ0) is 9.40. The van der Waals surface area contributed by atoms with E-state index in [0.29, 0.717) is 5.92 Å². The molecular formula is C9H18INO. The Labute approximate surface area is 88.4 Å². The minimum Gasteiger partial charge on any atom is -0.382 e. The fourth-order valence-corrected chi connectivity index (χ4v) is 1.19. The van der Waals surface area contributed by atoms with Gasteiger partial charge in [0.2, 0.25) is 0 Å². The van der Waals surface area contributed by atoms with Crippen LogP contribution in [0.1, 0.15) is 26.2 Å². The van der Waals surface area contributed by atoms with E-state index < -0.39 is 0 Å². The Balaban J connectivity index is 3.30. The Morgan fingerprint density at radius 3 is 2.50 bits per heavy atom. The predicted molar refractivity (Wildman–Crippen MR) is 61.2 cm³/mol. The molecule has 0 aliphatic rings. The third kappa shape index (κ3) is 7.06. The quantitative estimate of drug-likeness (QED) is 0.445. The topological polar surface area (TPSA) is 46.2 Å². The summed E-state index contributed by atoms with van der Waals surface area (Å²) >= 11 is 2.05. The van der Waals surface area contributed by atoms with Crippen LogP contribution >= 0.6 is 22.6 Å². The lowest BCUT2D eigenvalue weighted by Crippen LogP contribution is -2.08. The molecule has 0 amide bonds. The Kier molecular flexibility index (Phi) is 8.27. The van der Waals surface area contributed by atoms with Crippen molar-refractivity contribution in [1.29, 1.82) is 0 Å². The molecule has 2 atom stereocenters. The summed E-state index contributed by atoms with van der Waals surface area (Å²) in [7, 11) is 0. The molecular weight excluding hydrogens is 265 g/mol. The molecule has 0 aliphatic heterocycles. The van der Waals surface area contributed by atoms with Crippen molar-refractivity contribution < 1.29 is 5.11 Å². The highest BCUT2D eigenvalue weighted by Crippen LogP contribution is 2.15. The average molecular weight is 283 g/mol. The van der Waals surface area contributed by atoms with E-state index in [1.165, 1.54) is 0 Å². The van der Waals surface area contributed by atoms with Gasteiger partial charge in [-0.1, -0.05) is 41.7 Å². The van der Waals surface area contributed by atoms with Gasteiger partial charge in [-0.2, -0.15) is 0 Å². The van der Waals surface area contributed by atoms with Gasteiger partial charge < -0.3 is 10.8 Å². The van der Waals surface area contributed by atoms with Crippen LogP contribution in [0.15, 0.2) is 12.2 Å². The summed E-state index contributed by atoms with van der Waals surface area (Å²) in [5.74, 6) is 0.383. The highest BCUT2D eigenvalue weighted by Gasteiger charge is 2.07. The first-order chi connectivity index (χ1) is 5.68. The first kappa shape index (κ1) is 12.4. The molecule has 0 unspecified atom stereocenters. The van der Waals surface area contributed by atoms with Crippen molar-refractivity contribution in [2.45, 2.75) is 30.3 Å². The van der Waals surface area contributed by atoms with Gasteiger partial charge >= 0.3 is 0 Å². The van der Waals surface area contributed by atoms with Crippen molar-refractivity contribution in [2.75, 3.05) is 6.54 Å². The van der Waals surface area contributed by atoms with Gasteiger partial charge in [-0.3, -0.25) is 0 Å². The molecule has 0 aromatic heterocycles. The summed E-state index contributed by atoms with van der Waals surface area (Å²) in [5.41, 5.74) is 5.33. The van der Waals surface area contributed by atoms with Crippen LogP contribution in [0.4, 0.5) is 0 Å². The molecule has 0 saturated carbocycles. The molecule has 0 heterocycles. The second-order valence-corrected chi connectivity index (χ2v) is 4.25. The predicted octanol–water partition coefficient (Wildman–Crippen LogP) is 2.06. The number of aliphatic hydroxyl groups excluding tert-OH is 1. The molecule has 0 rings (SSSR count). The Morgan fingerprint density at radius 1 is 1.42 bits per heavy atom. The van der Waals surface area contributed by atoms with Crippen molar-refractivity contribution in [3.63, 3.8) is 0 Å². The van der Waals surface area contributed by atoms with Crippen LogP contribution in [0.2, 0.25) is 0 Å². The zero-order valence-corrected chi connectivity index (χ0v) is 9.70. The molecule has 0 aliphatic carbocycles. The van der Waals surface area contributed by atoms with E-state index in [2.05, 4.69) is 19.1 Å². The van der Waals surface area contributed by atoms with Crippen LogP contribution in [-0.2, 0) is 0 Å². The number of aliphatic hydroxyl groups is 1. The zero-order valence-electron chi connectivity index (χ0n) is 7.54. The van der Waals surface area contributed by atoms with Crippen LogP contribution in [-0.4, -0.2) is 15.8 Å². The van der Waals surface area contributed by atoms with Gasteiger partial charge in [-0.25, -0.2) is 0 Å².